The first-order valence-electron chi connectivity index (χ1n) is 3.82. The quantitative estimate of drug-likeness (QED) is 0.732. The number of rotatable bonds is 2. The smallest absolute Gasteiger partial charge is 0.275 e. The van der Waals surface area contributed by atoms with E-state index in [1.807, 2.05) is 13.8 Å². The number of H-pyrrole nitrogens is 1. The normalized spacial score (nSPS) is 10.5. The van der Waals surface area contributed by atoms with Gasteiger partial charge in [-0.1, -0.05) is 13.8 Å². The minimum Gasteiger partial charge on any atom is -0.275 e. The Balaban J connectivity index is 3.27. The van der Waals surface area contributed by atoms with E-state index < -0.39 is 10.8 Å². The SMILES string of the molecule is CC(C)c1cc(C(=O)Cl)c(=O)[nH]n1. The fourth-order valence-corrected chi connectivity index (χ4v) is 1.00. The number of aromatic nitrogens is 2. The topological polar surface area (TPSA) is 62.8 Å². The number of aromatic amines is 1. The van der Waals surface area contributed by atoms with E-state index in [-0.39, 0.29) is 11.5 Å². The number of halogens is 1. The second-order valence-corrected chi connectivity index (χ2v) is 3.31. The molecular weight excluding hydrogens is 192 g/mol. The molecule has 4 nitrogen and oxygen atoms in total. The standard InChI is InChI=1S/C8H9ClN2O2/c1-4(2)6-3-5(7(9)12)8(13)11-10-6/h3-4H,1-2H3,(H,11,13). The van der Waals surface area contributed by atoms with Gasteiger partial charge in [0.15, 0.2) is 0 Å². The lowest BCUT2D eigenvalue weighted by atomic mass is 10.1. The molecule has 0 saturated carbocycles. The van der Waals surface area contributed by atoms with Crippen molar-refractivity contribution in [2.45, 2.75) is 19.8 Å². The lowest BCUT2D eigenvalue weighted by Crippen LogP contribution is -2.18. The van der Waals surface area contributed by atoms with Crippen LogP contribution in [-0.2, 0) is 0 Å². The maximum Gasteiger partial charge on any atom is 0.276 e. The van der Waals surface area contributed by atoms with Gasteiger partial charge in [0.2, 0.25) is 0 Å². The first-order valence-corrected chi connectivity index (χ1v) is 4.19. The zero-order valence-corrected chi connectivity index (χ0v) is 8.05. The summed E-state index contributed by atoms with van der Waals surface area (Å²) in [5.41, 5.74) is 0.0355. The first-order chi connectivity index (χ1) is 6.02. The van der Waals surface area contributed by atoms with Crippen LogP contribution < -0.4 is 5.56 Å². The molecule has 0 saturated heterocycles. The zero-order chi connectivity index (χ0) is 10.0. The molecular formula is C8H9ClN2O2. The van der Waals surface area contributed by atoms with Crippen LogP contribution in [-0.4, -0.2) is 15.4 Å². The molecule has 0 atom stereocenters. The molecule has 0 aliphatic rings. The van der Waals surface area contributed by atoms with Gasteiger partial charge in [-0.3, -0.25) is 9.59 Å². The van der Waals surface area contributed by atoms with Crippen LogP contribution in [0, 0.1) is 0 Å². The molecule has 0 unspecified atom stereocenters. The summed E-state index contributed by atoms with van der Waals surface area (Å²) in [4.78, 5) is 21.8. The molecule has 13 heavy (non-hydrogen) atoms. The van der Waals surface area contributed by atoms with Gasteiger partial charge in [0, 0.05) is 0 Å². The summed E-state index contributed by atoms with van der Waals surface area (Å²) >= 11 is 5.20. The van der Waals surface area contributed by atoms with Gasteiger partial charge >= 0.3 is 0 Å². The van der Waals surface area contributed by atoms with Gasteiger partial charge in [0.25, 0.3) is 10.8 Å². The predicted octanol–water partition coefficient (Wildman–Crippen LogP) is 1.27. The highest BCUT2D eigenvalue weighted by Gasteiger charge is 2.10. The minimum absolute atomic E-state index is 0.0552. The maximum atomic E-state index is 11.0. The molecule has 0 aromatic carbocycles. The second-order valence-electron chi connectivity index (χ2n) is 2.96. The summed E-state index contributed by atoms with van der Waals surface area (Å²) in [6.07, 6.45) is 0. The summed E-state index contributed by atoms with van der Waals surface area (Å²) < 4.78 is 0. The molecule has 0 aliphatic carbocycles. The maximum absolute atomic E-state index is 11.0. The largest absolute Gasteiger partial charge is 0.276 e. The van der Waals surface area contributed by atoms with E-state index in [2.05, 4.69) is 10.2 Å². The molecule has 0 amide bonds. The number of hydrogen-bond donors (Lipinski definition) is 1. The zero-order valence-electron chi connectivity index (χ0n) is 7.30. The molecule has 1 N–H and O–H groups in total. The van der Waals surface area contributed by atoms with Gasteiger partial charge < -0.3 is 0 Å². The Bertz CT molecular complexity index is 384. The van der Waals surface area contributed by atoms with Gasteiger partial charge in [0.05, 0.1) is 5.69 Å². The molecule has 0 aliphatic heterocycles. The van der Waals surface area contributed by atoms with Crippen LogP contribution in [0.4, 0.5) is 0 Å². The van der Waals surface area contributed by atoms with Crippen molar-refractivity contribution >= 4 is 16.8 Å². The third kappa shape index (κ3) is 2.15. The molecule has 0 fully saturated rings. The molecule has 1 rings (SSSR count). The summed E-state index contributed by atoms with van der Waals surface area (Å²) in [6.45, 7) is 3.81. The minimum atomic E-state index is -0.759. The Kier molecular flexibility index (Phi) is 2.83. The van der Waals surface area contributed by atoms with E-state index in [9.17, 15) is 9.59 Å². The molecule has 1 heterocycles. The van der Waals surface area contributed by atoms with Gasteiger partial charge in [-0.25, -0.2) is 5.10 Å². The van der Waals surface area contributed by atoms with E-state index in [0.29, 0.717) is 5.69 Å². The van der Waals surface area contributed by atoms with Crippen molar-refractivity contribution in [2.24, 2.45) is 0 Å². The first kappa shape index (κ1) is 9.92. The van der Waals surface area contributed by atoms with Crippen LogP contribution in [0.3, 0.4) is 0 Å². The van der Waals surface area contributed by atoms with Crippen molar-refractivity contribution in [1.82, 2.24) is 10.2 Å². The number of carbonyl (C=O) groups is 1. The second kappa shape index (κ2) is 3.70. The average molecular weight is 201 g/mol. The van der Waals surface area contributed by atoms with Crippen LogP contribution in [0.1, 0.15) is 35.8 Å². The number of carbonyl (C=O) groups excluding carboxylic acids is 1. The average Bonchev–Trinajstić information content (AvgIpc) is 2.04. The molecule has 1 aromatic heterocycles. The lowest BCUT2D eigenvalue weighted by molar-refractivity contribution is 0.107. The van der Waals surface area contributed by atoms with Gasteiger partial charge in [-0.2, -0.15) is 5.10 Å². The lowest BCUT2D eigenvalue weighted by Gasteiger charge is -2.02. The van der Waals surface area contributed by atoms with Crippen LogP contribution in [0.15, 0.2) is 10.9 Å². The summed E-state index contributed by atoms with van der Waals surface area (Å²) in [5.74, 6) is 0.145. The summed E-state index contributed by atoms with van der Waals surface area (Å²) in [6, 6.07) is 1.42. The highest BCUT2D eigenvalue weighted by Crippen LogP contribution is 2.10. The molecule has 0 spiro atoms. The van der Waals surface area contributed by atoms with Gasteiger partial charge in [-0.15, -0.1) is 0 Å². The predicted molar refractivity (Wildman–Crippen MR) is 49.1 cm³/mol. The van der Waals surface area contributed by atoms with E-state index in [4.69, 9.17) is 11.6 Å². The highest BCUT2D eigenvalue weighted by molar-refractivity contribution is 6.67. The van der Waals surface area contributed by atoms with Crippen LogP contribution >= 0.6 is 11.6 Å². The fraction of sp³-hybridized carbons (Fsp3) is 0.375. The third-order valence-electron chi connectivity index (χ3n) is 1.63. The summed E-state index contributed by atoms with van der Waals surface area (Å²) in [7, 11) is 0. The number of nitrogens with zero attached hydrogens (tertiary/aromatic N) is 1. The molecule has 1 aromatic rings. The molecule has 70 valence electrons. The van der Waals surface area contributed by atoms with Crippen molar-refractivity contribution < 1.29 is 4.79 Å². The fourth-order valence-electron chi connectivity index (χ4n) is 0.863. The number of hydrogen-bond acceptors (Lipinski definition) is 3. The highest BCUT2D eigenvalue weighted by atomic mass is 35.5. The van der Waals surface area contributed by atoms with Gasteiger partial charge in [-0.05, 0) is 23.6 Å². The molecule has 0 radical (unpaired) electrons. The summed E-state index contributed by atoms with van der Waals surface area (Å²) in [5, 5.41) is 5.23. The van der Waals surface area contributed by atoms with Crippen molar-refractivity contribution in [1.29, 1.82) is 0 Å². The number of nitrogens with one attached hydrogen (secondary N) is 1. The Labute approximate surface area is 79.9 Å². The van der Waals surface area contributed by atoms with Crippen molar-refractivity contribution in [3.05, 3.63) is 27.7 Å². The van der Waals surface area contributed by atoms with E-state index in [1.165, 1.54) is 6.07 Å². The van der Waals surface area contributed by atoms with Crippen molar-refractivity contribution in [3.63, 3.8) is 0 Å². The van der Waals surface area contributed by atoms with Crippen molar-refractivity contribution in [2.75, 3.05) is 0 Å². The van der Waals surface area contributed by atoms with Crippen LogP contribution in [0.5, 0.6) is 0 Å². The molecule has 5 heteroatoms. The van der Waals surface area contributed by atoms with Crippen LogP contribution in [0.2, 0.25) is 0 Å². The van der Waals surface area contributed by atoms with E-state index in [1.54, 1.807) is 0 Å². The monoisotopic (exact) mass is 200 g/mol. The Hall–Kier alpha value is -1.16. The van der Waals surface area contributed by atoms with E-state index in [0.717, 1.165) is 0 Å². The van der Waals surface area contributed by atoms with Crippen molar-refractivity contribution in [3.8, 4) is 0 Å². The van der Waals surface area contributed by atoms with Crippen LogP contribution in [0.25, 0.3) is 0 Å². The molecule has 0 bridgehead atoms. The Morgan fingerprint density at radius 1 is 1.62 bits per heavy atom. The Morgan fingerprint density at radius 3 is 2.69 bits per heavy atom. The third-order valence-corrected chi connectivity index (χ3v) is 1.83. The van der Waals surface area contributed by atoms with Gasteiger partial charge in [0.1, 0.15) is 5.56 Å². The van der Waals surface area contributed by atoms with E-state index >= 15 is 0 Å². The Morgan fingerprint density at radius 2 is 2.23 bits per heavy atom.